The molecule has 7 aliphatic rings. The molecule has 0 aromatic heterocycles. The van der Waals surface area contributed by atoms with Gasteiger partial charge in [-0.15, -0.1) is 0 Å². The Labute approximate surface area is 601 Å². The van der Waals surface area contributed by atoms with Crippen molar-refractivity contribution in [3.63, 3.8) is 0 Å². The minimum absolute atomic E-state index is 0.873. The number of ether oxygens (including phenoxy) is 14. The molecule has 40 atom stereocenters. The van der Waals surface area contributed by atoms with E-state index in [-0.39, 0.29) is 0 Å². The van der Waals surface area contributed by atoms with Gasteiger partial charge >= 0.3 is 5.97 Å². The Morgan fingerprint density at radius 2 is 0.896 bits per heavy atom. The number of carbonyl (C=O) groups is 5. The number of aliphatic hydroxyl groups excluding tert-OH is 23. The van der Waals surface area contributed by atoms with Crippen molar-refractivity contribution in [2.75, 3.05) is 52.9 Å². The van der Waals surface area contributed by atoms with Gasteiger partial charge < -0.3 is 210 Å². The number of hydrogen-bond acceptors (Lipinski definition) is 42. The van der Waals surface area contributed by atoms with Gasteiger partial charge in [0.05, 0.1) is 77.1 Å². The molecular weight excluding hydrogens is 1450 g/mol. The first-order valence-corrected chi connectivity index (χ1v) is 33.5. The predicted molar refractivity (Wildman–Crippen MR) is 329 cm³/mol. The topological polar surface area (TPSA) is 748 Å². The maximum atomic E-state index is 13.3. The molecule has 106 heavy (non-hydrogen) atoms. The van der Waals surface area contributed by atoms with Gasteiger partial charge in [-0.25, -0.2) is 4.79 Å². The molecular formula is C59H100N4O43. The molecule has 0 bridgehead atoms. The Hall–Kier alpha value is -4.13. The van der Waals surface area contributed by atoms with Gasteiger partial charge in [-0.05, 0) is 6.92 Å². The van der Waals surface area contributed by atoms with E-state index in [2.05, 4.69) is 21.3 Å². The zero-order valence-electron chi connectivity index (χ0n) is 57.4. The predicted octanol–water partition coefficient (Wildman–Crippen LogP) is -18.0. The second-order valence-corrected chi connectivity index (χ2v) is 26.5. The van der Waals surface area contributed by atoms with Crippen molar-refractivity contribution in [2.24, 2.45) is 0 Å². The highest BCUT2D eigenvalue weighted by Crippen LogP contribution is 2.41. The van der Waals surface area contributed by atoms with E-state index in [1.807, 2.05) is 0 Å². The van der Waals surface area contributed by atoms with Crippen molar-refractivity contribution in [1.82, 2.24) is 21.3 Å². The van der Waals surface area contributed by atoms with Crippen LogP contribution in [-0.4, -0.2) is 450 Å². The van der Waals surface area contributed by atoms with Crippen molar-refractivity contribution in [3.8, 4) is 0 Å². The van der Waals surface area contributed by atoms with Crippen molar-refractivity contribution in [2.45, 2.75) is 286 Å². The van der Waals surface area contributed by atoms with Crippen LogP contribution in [0, 0.1) is 0 Å². The summed E-state index contributed by atoms with van der Waals surface area (Å²) in [5, 5.41) is 273. The van der Waals surface area contributed by atoms with Gasteiger partial charge in [-0.3, -0.25) is 19.2 Å². The number of aliphatic hydroxyl groups is 23. The normalized spacial score (nSPS) is 44.1. The van der Waals surface area contributed by atoms with Crippen LogP contribution in [0.1, 0.15) is 41.0 Å². The molecule has 0 aromatic rings. The Balaban J connectivity index is 1.18. The van der Waals surface area contributed by atoms with Crippen LogP contribution in [0.2, 0.25) is 0 Å². The van der Waals surface area contributed by atoms with E-state index in [4.69, 9.17) is 66.3 Å². The molecule has 7 saturated heterocycles. The van der Waals surface area contributed by atoms with Gasteiger partial charge in [0.25, 0.3) is 5.79 Å². The van der Waals surface area contributed by atoms with Crippen molar-refractivity contribution in [1.29, 1.82) is 0 Å². The summed E-state index contributed by atoms with van der Waals surface area (Å²) in [5.41, 5.74) is 0. The highest BCUT2D eigenvalue weighted by atomic mass is 16.8. The fraction of sp³-hybridized carbons (Fsp3) is 0.915. The fourth-order valence-electron chi connectivity index (χ4n) is 13.2. The lowest BCUT2D eigenvalue weighted by Gasteiger charge is -2.51. The van der Waals surface area contributed by atoms with Crippen LogP contribution in [0.3, 0.4) is 0 Å². The van der Waals surface area contributed by atoms with Crippen LogP contribution in [0.5, 0.6) is 0 Å². The summed E-state index contributed by atoms with van der Waals surface area (Å²) in [6.45, 7) is -4.32. The molecule has 47 heteroatoms. The molecule has 0 spiro atoms. The van der Waals surface area contributed by atoms with Crippen LogP contribution < -0.4 is 21.3 Å². The molecule has 0 aliphatic carbocycles. The lowest BCUT2D eigenvalue weighted by Crippen LogP contribution is -2.71. The van der Waals surface area contributed by atoms with E-state index in [0.29, 0.717) is 0 Å². The standard InChI is InChI=1S/C59H100N4O43/c1-15-32(78)39(85)41(87)54(94-15)103-49-31(63-19(5)74)52(98-28(13-70)47(49)102-56-43(89)50(36(82)25(10-67)96-56)104-53-30(62-18(4)73)38(84)46(27(12-69)99-53)101-55-42(88)40(86)35(81)24(9-66)95-55)93-14-23(77)34(80)45(20(7-64)60-16(2)71)100-57-44(90)51(37(83)26(11-68)97-57)106-59(58(91)92)6-21(75)29(61-17(3)72)48(105-59)33(79)22(76)8-65/h15,20-57,64-70,75-90H,6-14H2,1-5H3,(H,60,71)(H,61,72)(H,62,73)(H,63,74)(H,91,92)/t15-,20-,21-,22+,23+,24+,25+,26+,27+,28+,29+,30+,31+,32+,33+,34-,35-,36-,37-,38+,39+,40-,41-,42+,43+,44+,45+,46+,47+,48+,49+,50-,51-,52+,53-,54-,55-,56-,57-,59-/m0/s1. The average molecular weight is 1550 g/mol. The molecule has 4 amide bonds. The maximum Gasteiger partial charge on any atom is 0.364 e. The van der Waals surface area contributed by atoms with Crippen LogP contribution in [0.15, 0.2) is 0 Å². The lowest BCUT2D eigenvalue weighted by molar-refractivity contribution is -0.387. The summed E-state index contributed by atoms with van der Waals surface area (Å²) in [6.07, 6.45) is -74.8. The second-order valence-electron chi connectivity index (χ2n) is 26.5. The van der Waals surface area contributed by atoms with Gasteiger partial charge in [0.1, 0.15) is 177 Å². The number of aliphatic carboxylic acids is 1. The number of rotatable bonds is 32. The van der Waals surface area contributed by atoms with E-state index in [1.54, 1.807) is 0 Å². The van der Waals surface area contributed by atoms with E-state index in [0.717, 1.165) is 27.7 Å². The Morgan fingerprint density at radius 3 is 1.43 bits per heavy atom. The van der Waals surface area contributed by atoms with Crippen molar-refractivity contribution in [3.05, 3.63) is 0 Å². The second kappa shape index (κ2) is 38.9. The first kappa shape index (κ1) is 89.1. The number of amides is 4. The molecule has 7 heterocycles. The van der Waals surface area contributed by atoms with Crippen LogP contribution >= 0.6 is 0 Å². The molecule has 0 aromatic carbocycles. The van der Waals surface area contributed by atoms with Gasteiger partial charge in [-0.1, -0.05) is 0 Å². The third kappa shape index (κ3) is 20.2. The number of carbonyl (C=O) groups excluding carboxylic acids is 4. The van der Waals surface area contributed by atoms with Gasteiger partial charge in [0.15, 0.2) is 37.7 Å². The minimum atomic E-state index is -3.30. The lowest BCUT2D eigenvalue weighted by atomic mass is 9.88. The van der Waals surface area contributed by atoms with Crippen LogP contribution in [0.25, 0.3) is 0 Å². The van der Waals surface area contributed by atoms with E-state index < -0.39 is 334 Å². The summed E-state index contributed by atoms with van der Waals surface area (Å²) >= 11 is 0. The first-order chi connectivity index (χ1) is 49.9. The van der Waals surface area contributed by atoms with Crippen LogP contribution in [-0.2, 0) is 90.3 Å². The van der Waals surface area contributed by atoms with Gasteiger partial charge in [-0.2, -0.15) is 0 Å². The monoisotopic (exact) mass is 1550 g/mol. The third-order valence-corrected chi connectivity index (χ3v) is 18.8. The zero-order valence-corrected chi connectivity index (χ0v) is 57.4. The third-order valence-electron chi connectivity index (χ3n) is 18.8. The highest BCUT2D eigenvalue weighted by Gasteiger charge is 2.62. The zero-order chi connectivity index (χ0) is 79.0. The molecule has 47 nitrogen and oxygen atoms in total. The van der Waals surface area contributed by atoms with Crippen molar-refractivity contribution >= 4 is 29.6 Å². The number of carboxylic acid groups (broad SMARTS) is 1. The number of carboxylic acids is 1. The largest absolute Gasteiger partial charge is 0.477 e. The van der Waals surface area contributed by atoms with Gasteiger partial charge in [0, 0.05) is 34.1 Å². The van der Waals surface area contributed by atoms with Crippen molar-refractivity contribution < 1.29 is 213 Å². The van der Waals surface area contributed by atoms with E-state index in [1.165, 1.54) is 6.92 Å². The first-order valence-electron chi connectivity index (χ1n) is 33.5. The summed E-state index contributed by atoms with van der Waals surface area (Å²) < 4.78 is 82.1. The van der Waals surface area contributed by atoms with E-state index >= 15 is 0 Å². The summed E-state index contributed by atoms with van der Waals surface area (Å²) in [5.74, 6) is -9.19. The SMILES string of the molecule is CC(=O)N[C@H]1[C@H](O[C@H]2[C@@H](O)[C@@H](CO)O[C@@H](O[C@H]3[C@H](O[C@@H]4O[C@@H](C)[C@@H](O)[C@@H](O)[C@@H]4O)[C@@H](NC(C)=O)[C@H](OC[C@@H](O)[C@H](O)[C@H](O[C@@H]4O[C@H](CO)[C@H](O)[C@H](O[C@]5(C(=O)O)C[C@H](O)[C@@H](NC(C)=O)[C@H]([C@H](O)[C@H](O)CO)O5)[C@H]4O)[C@H](CO)NC(C)=O)O[C@@H]3CO)[C@@H]2O)O[C@H](CO)[C@@H](O[C@@H]2O[C@H](CO)[C@H](O)[C@H](O)[C@H]2O)[C@@H]1O. The fourth-order valence-corrected chi connectivity index (χ4v) is 13.2. The molecule has 7 rings (SSSR count). The summed E-state index contributed by atoms with van der Waals surface area (Å²) in [6, 6.07) is -7.46. The summed E-state index contributed by atoms with van der Waals surface area (Å²) in [7, 11) is 0. The van der Waals surface area contributed by atoms with Gasteiger partial charge in [0.2, 0.25) is 23.6 Å². The summed E-state index contributed by atoms with van der Waals surface area (Å²) in [4.78, 5) is 64.1. The highest BCUT2D eigenvalue weighted by molar-refractivity contribution is 5.77. The Bertz CT molecular complexity index is 2800. The quantitative estimate of drug-likeness (QED) is 0.0297. The molecule has 0 radical (unpaired) electrons. The molecule has 0 saturated carbocycles. The van der Waals surface area contributed by atoms with Crippen LogP contribution in [0.4, 0.5) is 0 Å². The average Bonchev–Trinajstić information content (AvgIpc) is 0.736. The molecule has 7 fully saturated rings. The Morgan fingerprint density at radius 1 is 0.443 bits per heavy atom. The maximum absolute atomic E-state index is 13.3. The van der Waals surface area contributed by atoms with E-state index in [9.17, 15) is 147 Å². The molecule has 0 unspecified atom stereocenters. The molecule has 28 N–H and O–H groups in total. The molecule has 7 aliphatic heterocycles. The molecule has 614 valence electrons. The number of nitrogens with one attached hydrogen (secondary N) is 4. The smallest absolute Gasteiger partial charge is 0.364 e. The number of hydrogen-bond donors (Lipinski definition) is 28. The minimum Gasteiger partial charge on any atom is -0.477 e. The Kier molecular flexibility index (Phi) is 32.7.